The second-order valence-corrected chi connectivity index (χ2v) is 12.3. The monoisotopic (exact) mass is 505 g/mol. The first-order chi connectivity index (χ1) is 16.9. The molecule has 3 aliphatic carbocycles. The molecule has 1 amide bonds. The van der Waals surface area contributed by atoms with Gasteiger partial charge in [0.2, 0.25) is 5.92 Å². The minimum Gasteiger partial charge on any atom is -0.349 e. The smallest absolute Gasteiger partial charge is 0.261 e. The fraction of sp³-hybridized carbons (Fsp3) is 0.769. The number of hydrogen-bond acceptors (Lipinski definition) is 5. The molecule has 0 spiro atoms. The molecule has 0 bridgehead atoms. The van der Waals surface area contributed by atoms with E-state index in [2.05, 4.69) is 20.2 Å². The first-order valence-electron chi connectivity index (χ1n) is 13.5. The highest BCUT2D eigenvalue weighted by molar-refractivity contribution is 7.20. The minimum atomic E-state index is -2.55. The maximum atomic E-state index is 13.6. The van der Waals surface area contributed by atoms with Crippen molar-refractivity contribution in [3.63, 3.8) is 0 Å². The first-order valence-corrected chi connectivity index (χ1v) is 14.3. The first kappa shape index (κ1) is 23.8. The number of thiophene rings is 1. The zero-order chi connectivity index (χ0) is 24.2. The van der Waals surface area contributed by atoms with Crippen molar-refractivity contribution in [3.05, 3.63) is 16.6 Å². The number of aryl methyl sites for hydroxylation is 1. The van der Waals surface area contributed by atoms with Crippen molar-refractivity contribution in [1.82, 2.24) is 24.9 Å². The lowest BCUT2D eigenvalue weighted by Gasteiger charge is -2.42. The van der Waals surface area contributed by atoms with E-state index in [1.54, 1.807) is 0 Å². The van der Waals surface area contributed by atoms with Crippen LogP contribution >= 0.6 is 11.3 Å². The lowest BCUT2D eigenvalue weighted by molar-refractivity contribution is -0.0445. The molecule has 1 saturated heterocycles. The minimum absolute atomic E-state index is 0.00572. The number of piperazine rings is 1. The van der Waals surface area contributed by atoms with Crippen molar-refractivity contribution >= 4 is 27.5 Å². The topological polar surface area (TPSA) is 53.4 Å². The van der Waals surface area contributed by atoms with Crippen LogP contribution in [0.2, 0.25) is 0 Å². The number of halogens is 2. The van der Waals surface area contributed by atoms with Gasteiger partial charge in [-0.05, 0) is 64.4 Å². The van der Waals surface area contributed by atoms with Crippen LogP contribution in [0.5, 0.6) is 0 Å². The van der Waals surface area contributed by atoms with Crippen LogP contribution in [-0.2, 0) is 0 Å². The zero-order valence-corrected chi connectivity index (χ0v) is 21.5. The van der Waals surface area contributed by atoms with Crippen molar-refractivity contribution in [2.75, 3.05) is 26.2 Å². The van der Waals surface area contributed by atoms with Gasteiger partial charge in [-0.25, -0.2) is 8.78 Å². The van der Waals surface area contributed by atoms with E-state index in [4.69, 9.17) is 0 Å². The molecular formula is C26H37F2N5OS. The van der Waals surface area contributed by atoms with Gasteiger partial charge in [-0.2, -0.15) is 5.10 Å². The van der Waals surface area contributed by atoms with Gasteiger partial charge in [-0.15, -0.1) is 11.3 Å². The maximum absolute atomic E-state index is 13.6. The molecule has 1 aliphatic heterocycles. The molecular weight excluding hydrogens is 468 g/mol. The number of aromatic nitrogens is 2. The molecule has 9 heteroatoms. The van der Waals surface area contributed by atoms with E-state index in [1.807, 2.05) is 17.7 Å². The molecule has 1 N–H and O–H groups in total. The van der Waals surface area contributed by atoms with E-state index >= 15 is 0 Å². The molecule has 0 radical (unpaired) electrons. The number of amides is 1. The van der Waals surface area contributed by atoms with Gasteiger partial charge in [0.15, 0.2) is 0 Å². The lowest BCUT2D eigenvalue weighted by Crippen LogP contribution is -2.52. The molecule has 2 aromatic rings. The van der Waals surface area contributed by atoms with E-state index in [0.717, 1.165) is 47.6 Å². The maximum Gasteiger partial charge on any atom is 0.261 e. The SMILES string of the molecule is Cc1nn(C2CCC(F)(F)CC2)c2sc(C(=O)NC3CCC(N4CCN(C5CC5)CC4)CC3)cc12. The van der Waals surface area contributed by atoms with Crippen LogP contribution < -0.4 is 5.32 Å². The third kappa shape index (κ3) is 5.01. The summed E-state index contributed by atoms with van der Waals surface area (Å²) in [6, 6.07) is 3.69. The predicted molar refractivity (Wildman–Crippen MR) is 134 cm³/mol. The summed E-state index contributed by atoms with van der Waals surface area (Å²) in [6.07, 6.45) is 7.85. The standard InChI is InChI=1S/C26H37F2N5OS/c1-17-22-16-23(35-25(22)33(30-17)21-8-10-26(27,28)11-9-21)24(34)29-18-2-4-19(5-3-18)31-12-14-32(15-13-31)20-6-7-20/h16,18-21H,2-15H2,1H3,(H,29,34). The van der Waals surface area contributed by atoms with E-state index in [0.29, 0.717) is 23.8 Å². The third-order valence-corrected chi connectivity index (χ3v) is 9.91. The molecule has 4 aliphatic rings. The molecule has 2 aromatic heterocycles. The summed E-state index contributed by atoms with van der Waals surface area (Å²) in [5.41, 5.74) is 0.870. The summed E-state index contributed by atoms with van der Waals surface area (Å²) in [6.45, 7) is 6.75. The Morgan fingerprint density at radius 3 is 2.09 bits per heavy atom. The van der Waals surface area contributed by atoms with Crippen LogP contribution in [0.4, 0.5) is 8.78 Å². The summed E-state index contributed by atoms with van der Waals surface area (Å²) < 4.78 is 29.2. The quantitative estimate of drug-likeness (QED) is 0.623. The number of alkyl halides is 2. The molecule has 6 nitrogen and oxygen atoms in total. The van der Waals surface area contributed by atoms with Gasteiger partial charge in [0, 0.05) is 62.5 Å². The lowest BCUT2D eigenvalue weighted by atomic mass is 9.89. The Bertz CT molecular complexity index is 1050. The summed E-state index contributed by atoms with van der Waals surface area (Å²) in [4.78, 5) is 20.1. The Morgan fingerprint density at radius 2 is 1.51 bits per heavy atom. The van der Waals surface area contributed by atoms with Crippen LogP contribution in [0, 0.1) is 6.92 Å². The molecule has 3 saturated carbocycles. The van der Waals surface area contributed by atoms with Gasteiger partial charge in [-0.3, -0.25) is 19.3 Å². The average molecular weight is 506 g/mol. The van der Waals surface area contributed by atoms with Crippen molar-refractivity contribution < 1.29 is 13.6 Å². The van der Waals surface area contributed by atoms with E-state index < -0.39 is 5.92 Å². The van der Waals surface area contributed by atoms with Gasteiger partial charge < -0.3 is 5.32 Å². The second kappa shape index (κ2) is 9.38. The Morgan fingerprint density at radius 1 is 0.943 bits per heavy atom. The van der Waals surface area contributed by atoms with Crippen LogP contribution in [0.1, 0.15) is 85.6 Å². The molecule has 35 heavy (non-hydrogen) atoms. The van der Waals surface area contributed by atoms with Gasteiger partial charge in [0.05, 0.1) is 16.6 Å². The number of fused-ring (bicyclic) bond motifs is 1. The fourth-order valence-electron chi connectivity index (χ4n) is 6.45. The molecule has 4 fully saturated rings. The highest BCUT2D eigenvalue weighted by Crippen LogP contribution is 2.41. The van der Waals surface area contributed by atoms with Crippen molar-refractivity contribution in [1.29, 1.82) is 0 Å². The summed E-state index contributed by atoms with van der Waals surface area (Å²) in [7, 11) is 0. The number of carbonyl (C=O) groups excluding carboxylic acids is 1. The number of carbonyl (C=O) groups is 1. The second-order valence-electron chi connectivity index (χ2n) is 11.2. The highest BCUT2D eigenvalue weighted by Gasteiger charge is 2.37. The van der Waals surface area contributed by atoms with Crippen molar-refractivity contribution in [3.8, 4) is 0 Å². The van der Waals surface area contributed by atoms with E-state index in [9.17, 15) is 13.6 Å². The van der Waals surface area contributed by atoms with E-state index in [1.165, 1.54) is 50.4 Å². The summed E-state index contributed by atoms with van der Waals surface area (Å²) >= 11 is 1.45. The summed E-state index contributed by atoms with van der Waals surface area (Å²) in [5.74, 6) is -2.56. The molecule has 0 atom stereocenters. The Balaban J connectivity index is 1.04. The van der Waals surface area contributed by atoms with Crippen LogP contribution in [0.25, 0.3) is 10.2 Å². The fourth-order valence-corrected chi connectivity index (χ4v) is 7.59. The molecule has 6 rings (SSSR count). The van der Waals surface area contributed by atoms with Gasteiger partial charge >= 0.3 is 0 Å². The third-order valence-electron chi connectivity index (χ3n) is 8.78. The zero-order valence-electron chi connectivity index (χ0n) is 20.6. The molecule has 0 unspecified atom stereocenters. The predicted octanol–water partition coefficient (Wildman–Crippen LogP) is 4.98. The number of rotatable bonds is 5. The van der Waals surface area contributed by atoms with Gasteiger partial charge in [-0.1, -0.05) is 0 Å². The van der Waals surface area contributed by atoms with Gasteiger partial charge in [0.1, 0.15) is 4.83 Å². The van der Waals surface area contributed by atoms with Crippen LogP contribution in [-0.4, -0.2) is 75.7 Å². The van der Waals surface area contributed by atoms with Crippen molar-refractivity contribution in [2.24, 2.45) is 0 Å². The molecule has 3 heterocycles. The van der Waals surface area contributed by atoms with E-state index in [-0.39, 0.29) is 30.8 Å². The average Bonchev–Trinajstić information content (AvgIpc) is 3.53. The number of hydrogen-bond donors (Lipinski definition) is 1. The largest absolute Gasteiger partial charge is 0.349 e. The Labute approximate surface area is 210 Å². The van der Waals surface area contributed by atoms with Crippen molar-refractivity contribution in [2.45, 2.75) is 101 Å². The number of nitrogens with zero attached hydrogens (tertiary/aromatic N) is 4. The summed E-state index contributed by atoms with van der Waals surface area (Å²) in [5, 5.41) is 8.91. The Kier molecular flexibility index (Phi) is 6.38. The number of nitrogens with one attached hydrogen (secondary N) is 1. The van der Waals surface area contributed by atoms with Crippen LogP contribution in [0.15, 0.2) is 6.07 Å². The molecule has 192 valence electrons. The van der Waals surface area contributed by atoms with Gasteiger partial charge in [0.25, 0.3) is 5.91 Å². The Hall–Kier alpha value is -1.58. The highest BCUT2D eigenvalue weighted by atomic mass is 32.1. The van der Waals surface area contributed by atoms with Crippen LogP contribution in [0.3, 0.4) is 0 Å². The molecule has 0 aromatic carbocycles. The normalized spacial score (nSPS) is 29.0.